The molecule has 2 rings (SSSR count). The summed E-state index contributed by atoms with van der Waals surface area (Å²) in [6, 6.07) is 11.9. The second-order valence-corrected chi connectivity index (χ2v) is 8.57. The van der Waals surface area contributed by atoms with Crippen molar-refractivity contribution in [3.05, 3.63) is 53.6 Å². The first kappa shape index (κ1) is 21.7. The number of nitrogens with one attached hydrogen (secondary N) is 2. The van der Waals surface area contributed by atoms with E-state index in [1.165, 1.54) is 25.3 Å². The number of amides is 1. The van der Waals surface area contributed by atoms with Crippen LogP contribution in [0.15, 0.2) is 47.4 Å². The number of carbonyl (C=O) groups excluding carboxylic acids is 1. The molecule has 0 bridgehead atoms. The molecule has 1 amide bonds. The minimum absolute atomic E-state index is 0.0633. The van der Waals surface area contributed by atoms with Crippen LogP contribution in [0.2, 0.25) is 0 Å². The average Bonchev–Trinajstić information content (AvgIpc) is 2.64. The molecule has 152 valence electrons. The number of hydrogen-bond donors (Lipinski definition) is 2. The summed E-state index contributed by atoms with van der Waals surface area (Å²) in [7, 11) is 1.51. The molecule has 0 spiro atoms. The number of sulfonamides is 1. The van der Waals surface area contributed by atoms with E-state index in [-0.39, 0.29) is 28.2 Å². The second kappa shape index (κ2) is 9.07. The number of methoxy groups -OCH3 is 1. The van der Waals surface area contributed by atoms with Crippen molar-refractivity contribution in [1.29, 1.82) is 0 Å². The molecule has 0 aliphatic heterocycles. The fourth-order valence-corrected chi connectivity index (χ4v) is 4.04. The zero-order chi connectivity index (χ0) is 20.9. The standard InChI is InChI=1S/C20H27N3O4S/c1-14(2)22-28(25,26)19-12-16(8-11-18(19)27-5)20(24)21-13-15-6-9-17(10-7-15)23(3)4/h6-12,14,22H,13H2,1-5H3,(H,21,24). The van der Waals surface area contributed by atoms with Gasteiger partial charge in [0.2, 0.25) is 10.0 Å². The first-order valence-electron chi connectivity index (χ1n) is 8.89. The Bertz CT molecular complexity index is 923. The number of carbonyl (C=O) groups is 1. The monoisotopic (exact) mass is 405 g/mol. The quantitative estimate of drug-likeness (QED) is 0.704. The first-order chi connectivity index (χ1) is 13.1. The van der Waals surface area contributed by atoms with Crippen molar-refractivity contribution in [2.24, 2.45) is 0 Å². The van der Waals surface area contributed by atoms with Crippen LogP contribution in [0.5, 0.6) is 5.75 Å². The van der Waals surface area contributed by atoms with E-state index in [4.69, 9.17) is 4.74 Å². The number of rotatable bonds is 8. The van der Waals surface area contributed by atoms with Gasteiger partial charge in [0.05, 0.1) is 7.11 Å². The molecule has 0 unspecified atom stereocenters. The molecule has 7 nitrogen and oxygen atoms in total. The summed E-state index contributed by atoms with van der Waals surface area (Å²) in [5, 5.41) is 2.81. The summed E-state index contributed by atoms with van der Waals surface area (Å²) < 4.78 is 32.7. The summed E-state index contributed by atoms with van der Waals surface area (Å²) in [5.74, 6) is -0.177. The van der Waals surface area contributed by atoms with Crippen molar-refractivity contribution < 1.29 is 17.9 Å². The SMILES string of the molecule is COc1ccc(C(=O)NCc2ccc(N(C)C)cc2)cc1S(=O)(=O)NC(C)C. The van der Waals surface area contributed by atoms with Crippen LogP contribution in [0, 0.1) is 0 Å². The Kier molecular flexibility index (Phi) is 7.04. The fourth-order valence-electron chi connectivity index (χ4n) is 2.60. The van der Waals surface area contributed by atoms with Gasteiger partial charge in [-0.25, -0.2) is 13.1 Å². The average molecular weight is 406 g/mol. The van der Waals surface area contributed by atoms with Gasteiger partial charge >= 0.3 is 0 Å². The lowest BCUT2D eigenvalue weighted by atomic mass is 10.1. The van der Waals surface area contributed by atoms with E-state index in [2.05, 4.69) is 10.0 Å². The van der Waals surface area contributed by atoms with Gasteiger partial charge in [0.1, 0.15) is 10.6 Å². The molecule has 0 atom stereocenters. The summed E-state index contributed by atoms with van der Waals surface area (Å²) >= 11 is 0. The van der Waals surface area contributed by atoms with Crippen molar-refractivity contribution in [3.8, 4) is 5.75 Å². The van der Waals surface area contributed by atoms with Crippen molar-refractivity contribution in [2.75, 3.05) is 26.1 Å². The molecule has 2 aromatic rings. The zero-order valence-electron chi connectivity index (χ0n) is 16.8. The van der Waals surface area contributed by atoms with Crippen molar-refractivity contribution in [3.63, 3.8) is 0 Å². The first-order valence-corrected chi connectivity index (χ1v) is 10.4. The lowest BCUT2D eigenvalue weighted by Gasteiger charge is -2.14. The molecule has 0 radical (unpaired) electrons. The molecule has 0 saturated carbocycles. The summed E-state index contributed by atoms with van der Waals surface area (Å²) in [5.41, 5.74) is 2.26. The summed E-state index contributed by atoms with van der Waals surface area (Å²) in [6.07, 6.45) is 0. The van der Waals surface area contributed by atoms with Gasteiger partial charge in [-0.3, -0.25) is 4.79 Å². The van der Waals surface area contributed by atoms with E-state index in [0.29, 0.717) is 6.54 Å². The van der Waals surface area contributed by atoms with Crippen LogP contribution in [-0.4, -0.2) is 41.6 Å². The van der Waals surface area contributed by atoms with Crippen molar-refractivity contribution in [2.45, 2.75) is 31.3 Å². The Hall–Kier alpha value is -2.58. The highest BCUT2D eigenvalue weighted by molar-refractivity contribution is 7.89. The van der Waals surface area contributed by atoms with E-state index in [9.17, 15) is 13.2 Å². The third-order valence-corrected chi connectivity index (χ3v) is 5.69. The number of ether oxygens (including phenoxy) is 1. The molecule has 0 aliphatic rings. The Balaban J connectivity index is 2.18. The molecule has 0 saturated heterocycles. The minimum Gasteiger partial charge on any atom is -0.495 e. The fraction of sp³-hybridized carbons (Fsp3) is 0.350. The van der Waals surface area contributed by atoms with Gasteiger partial charge in [-0.1, -0.05) is 12.1 Å². The van der Waals surface area contributed by atoms with Crippen LogP contribution in [0.25, 0.3) is 0 Å². The number of benzene rings is 2. The zero-order valence-corrected chi connectivity index (χ0v) is 17.6. The highest BCUT2D eigenvalue weighted by Crippen LogP contribution is 2.25. The Morgan fingerprint density at radius 3 is 2.29 bits per heavy atom. The Morgan fingerprint density at radius 1 is 1.11 bits per heavy atom. The molecular weight excluding hydrogens is 378 g/mol. The molecule has 8 heteroatoms. The maximum Gasteiger partial charge on any atom is 0.251 e. The van der Waals surface area contributed by atoms with Gasteiger partial charge in [-0.15, -0.1) is 0 Å². The van der Waals surface area contributed by atoms with Gasteiger partial charge in [-0.05, 0) is 49.7 Å². The smallest absolute Gasteiger partial charge is 0.251 e. The molecule has 28 heavy (non-hydrogen) atoms. The van der Waals surface area contributed by atoms with Crippen LogP contribution in [0.1, 0.15) is 29.8 Å². The van der Waals surface area contributed by atoms with Crippen LogP contribution < -0.4 is 19.7 Å². The van der Waals surface area contributed by atoms with Gasteiger partial charge in [0.15, 0.2) is 0 Å². The molecule has 0 heterocycles. The molecule has 0 aromatic heterocycles. The maximum absolute atomic E-state index is 12.5. The maximum atomic E-state index is 12.5. The van der Waals surface area contributed by atoms with E-state index in [0.717, 1.165) is 11.3 Å². The number of hydrogen-bond acceptors (Lipinski definition) is 5. The topological polar surface area (TPSA) is 87.7 Å². The normalized spacial score (nSPS) is 11.4. The van der Waals surface area contributed by atoms with Crippen molar-refractivity contribution in [1.82, 2.24) is 10.0 Å². The van der Waals surface area contributed by atoms with Gasteiger partial charge in [0.25, 0.3) is 5.91 Å². The van der Waals surface area contributed by atoms with Crippen molar-refractivity contribution >= 4 is 21.6 Å². The third-order valence-electron chi connectivity index (χ3n) is 4.01. The van der Waals surface area contributed by atoms with Crippen LogP contribution in [0.3, 0.4) is 0 Å². The van der Waals surface area contributed by atoms with Crippen LogP contribution in [-0.2, 0) is 16.6 Å². The van der Waals surface area contributed by atoms with E-state index in [1.54, 1.807) is 13.8 Å². The summed E-state index contributed by atoms with van der Waals surface area (Å²) in [4.78, 5) is 14.4. The van der Waals surface area contributed by atoms with Crippen LogP contribution in [0.4, 0.5) is 5.69 Å². The predicted molar refractivity (Wildman–Crippen MR) is 110 cm³/mol. The Morgan fingerprint density at radius 2 is 1.75 bits per heavy atom. The lowest BCUT2D eigenvalue weighted by molar-refractivity contribution is 0.0950. The summed E-state index contributed by atoms with van der Waals surface area (Å²) in [6.45, 7) is 3.79. The van der Waals surface area contributed by atoms with E-state index < -0.39 is 10.0 Å². The largest absolute Gasteiger partial charge is 0.495 e. The lowest BCUT2D eigenvalue weighted by Crippen LogP contribution is -2.31. The second-order valence-electron chi connectivity index (χ2n) is 6.89. The molecule has 0 fully saturated rings. The van der Waals surface area contributed by atoms with E-state index in [1.807, 2.05) is 43.3 Å². The van der Waals surface area contributed by atoms with Gasteiger partial charge < -0.3 is 15.0 Å². The molecule has 0 aliphatic carbocycles. The van der Waals surface area contributed by atoms with E-state index >= 15 is 0 Å². The molecular formula is C20H27N3O4S. The number of anilines is 1. The highest BCUT2D eigenvalue weighted by atomic mass is 32.2. The van der Waals surface area contributed by atoms with Crippen LogP contribution >= 0.6 is 0 Å². The van der Waals surface area contributed by atoms with Gasteiger partial charge in [-0.2, -0.15) is 0 Å². The minimum atomic E-state index is -3.80. The third kappa shape index (κ3) is 5.46. The highest BCUT2D eigenvalue weighted by Gasteiger charge is 2.22. The number of nitrogens with zero attached hydrogens (tertiary/aromatic N) is 1. The molecule has 2 aromatic carbocycles. The predicted octanol–water partition coefficient (Wildman–Crippen LogP) is 2.38. The Labute approximate surface area is 166 Å². The molecule has 2 N–H and O–H groups in total. The van der Waals surface area contributed by atoms with Gasteiger partial charge in [0, 0.05) is 37.9 Å².